The van der Waals surface area contributed by atoms with Gasteiger partial charge in [-0.1, -0.05) is 124 Å². The number of hydrogen-bond acceptors (Lipinski definition) is 18. The van der Waals surface area contributed by atoms with Gasteiger partial charge in [0.05, 0.1) is 13.0 Å². The zero-order chi connectivity index (χ0) is 85.9. The Kier molecular flexibility index (Phi) is 34.0. The second kappa shape index (κ2) is 44.1. The lowest BCUT2D eigenvalue weighted by Gasteiger charge is -2.33. The van der Waals surface area contributed by atoms with Crippen LogP contribution in [0.15, 0.2) is 140 Å². The van der Waals surface area contributed by atoms with Crippen molar-refractivity contribution in [2.75, 3.05) is 37.4 Å². The number of urea groups is 2. The number of primary amides is 2. The third kappa shape index (κ3) is 27.9. The number of benzene rings is 5. The molecule has 6 aromatic rings. The number of likely N-dealkylation sites (N-methyl/N-ethyl adjacent to an activating group) is 1. The number of pyridine rings is 1. The molecule has 35 heteroatoms. The molecule has 5 aromatic carbocycles. The van der Waals surface area contributed by atoms with Gasteiger partial charge in [0.25, 0.3) is 0 Å². The number of halogens is 1. The summed E-state index contributed by atoms with van der Waals surface area (Å²) in [6, 6.07) is 17.5. The average molecular weight is 1650 g/mol. The smallest absolute Gasteiger partial charge is 0.322 e. The summed E-state index contributed by atoms with van der Waals surface area (Å²) in [5.74, 6) is -10.8. The van der Waals surface area contributed by atoms with Crippen LogP contribution in [0, 0.1) is 5.92 Å². The molecule has 2 saturated heterocycles. The molecule has 2 aliphatic rings. The van der Waals surface area contributed by atoms with Crippen molar-refractivity contribution in [1.82, 2.24) is 73.3 Å². The predicted octanol–water partition coefficient (Wildman–Crippen LogP) is 1.86. The Bertz CT molecular complexity index is 4560. The molecule has 0 radical (unpaired) electrons. The molecule has 0 spiro atoms. The lowest BCUT2D eigenvalue weighted by Crippen LogP contribution is -2.62. The Morgan fingerprint density at radius 1 is 0.576 bits per heavy atom. The van der Waals surface area contributed by atoms with Gasteiger partial charge in [-0.2, -0.15) is 0 Å². The number of nitrogens with zero attached hydrogens (tertiary/aromatic N) is 3. The first kappa shape index (κ1) is 91.1. The number of aliphatic hydroxyl groups is 1. The van der Waals surface area contributed by atoms with Crippen LogP contribution >= 0.6 is 11.6 Å². The molecule has 34 nitrogen and oxygen atoms in total. The number of nitrogens with two attached hydrogens (primary N) is 2. The Morgan fingerprint density at radius 2 is 1.11 bits per heavy atom. The number of likely N-dealkylation sites (tertiary alicyclic amines) is 1. The summed E-state index contributed by atoms with van der Waals surface area (Å²) in [7, 11) is 1.26. The molecule has 3 heterocycles. The number of nitrogens with one attached hydrogen (secondary N) is 13. The highest BCUT2D eigenvalue weighted by Gasteiger charge is 2.42. The number of amides is 17. The van der Waals surface area contributed by atoms with Crippen LogP contribution < -0.4 is 80.6 Å². The van der Waals surface area contributed by atoms with Crippen LogP contribution in [-0.2, 0) is 94.4 Å². The van der Waals surface area contributed by atoms with Gasteiger partial charge in [0.15, 0.2) is 0 Å². The first-order valence-corrected chi connectivity index (χ1v) is 39.5. The molecule has 1 aromatic heterocycles. The number of imide groups is 1. The number of carbonyl (C=O) groups is 15. The van der Waals surface area contributed by atoms with Crippen molar-refractivity contribution in [3.8, 4) is 0 Å². The SMILES string of the molecule is CC(=O)N[C@H](Cc1ccc2ccccc2c1)C(=O)N[C@H](Cc1ccc(Cl)cc1)C(=O)N[C@@H](Cc1cccnc1)C(=O)N[C@@H](CO)C(=O)N[C@@H](Cc1ccc(NC(=O)[C@@H]2CC(=O)NC(=O)N2)cc1)C(=O)N(C)[C@H](Cc1ccc(NC(N)=O)cc1)C(=O)N[C@@H](CC(C)C)C(=O)N[C@@H](CCCCNC(C)C)C(=O)N1CCC[C@H]1C(=O)N[C@H](C)C(N)=O. The van der Waals surface area contributed by atoms with Gasteiger partial charge in [-0.15, -0.1) is 0 Å². The van der Waals surface area contributed by atoms with E-state index in [1.54, 1.807) is 62.4 Å². The quantitative estimate of drug-likeness (QED) is 0.0244. The standard InChI is InChI=1S/C83H105ClN18O16/c1-46(2)36-61(73(108)93-60(17-10-11-34-88-47(3)4)81(116)102-35-13-18-68(102)78(113)89-48(5)71(85)106)96-79(114)69(42-52-24-31-59(32-25-52)92-82(86)117)101(7)80(115)66(39-51-22-29-58(30-23-51)91-72(107)65-43-70(105)100-83(118)99-65)97-77(112)67(45-103)98-76(111)64(41-54-14-12-33-87-44-54)95-75(110)63(38-50-20-27-57(84)28-21-50)94-74(109)62(90-49(6)104)40-53-19-26-55-15-8-9-16-56(55)37-53/h8-9,12,14-16,19-33,37,44,46-48,60-69,88,103H,10-11,13,17-18,34-36,38-43,45H2,1-7H3,(H2,85,106)(H,89,113)(H,90,104)(H,91,107)(H,93,108)(H,94,109)(H,95,110)(H,96,114)(H,97,112)(H,98,111)(H3,86,92,117)(H2,99,100,105,118)/t48-,60+,61+,62-,63-,64+,65+,66+,67+,68+,69-/m1/s1. The van der Waals surface area contributed by atoms with Gasteiger partial charge in [0.2, 0.25) is 76.8 Å². The van der Waals surface area contributed by atoms with Crippen LogP contribution in [0.2, 0.25) is 5.02 Å². The van der Waals surface area contributed by atoms with Crippen LogP contribution in [-0.4, -0.2) is 208 Å². The topological polar surface area (TPSA) is 504 Å². The second-order valence-electron chi connectivity index (χ2n) is 30.2. The molecule has 0 aliphatic carbocycles. The Labute approximate surface area is 688 Å². The molecular formula is C83H105ClN18O16. The fourth-order valence-electron chi connectivity index (χ4n) is 13.7. The van der Waals surface area contributed by atoms with Crippen molar-refractivity contribution in [3.63, 3.8) is 0 Å². The molecule has 0 saturated carbocycles. The van der Waals surface area contributed by atoms with E-state index in [0.717, 1.165) is 15.7 Å². The van der Waals surface area contributed by atoms with Crippen LogP contribution in [0.5, 0.6) is 0 Å². The van der Waals surface area contributed by atoms with Crippen molar-refractivity contribution in [1.29, 1.82) is 0 Å². The van der Waals surface area contributed by atoms with E-state index >= 15 is 28.8 Å². The first-order valence-electron chi connectivity index (χ1n) is 39.1. The van der Waals surface area contributed by atoms with Gasteiger partial charge in [0, 0.05) is 87.5 Å². The summed E-state index contributed by atoms with van der Waals surface area (Å²) in [6.07, 6.45) is 3.09. The molecule has 17 amide bonds. The number of aliphatic hydroxyl groups excluding tert-OH is 1. The summed E-state index contributed by atoms with van der Waals surface area (Å²) in [5, 5.41) is 47.9. The van der Waals surface area contributed by atoms with Crippen LogP contribution in [0.3, 0.4) is 0 Å². The number of rotatable bonds is 41. The number of fused-ring (bicyclic) bond motifs is 1. The first-order chi connectivity index (χ1) is 56.2. The fourth-order valence-corrected chi connectivity index (χ4v) is 13.8. The third-order valence-electron chi connectivity index (χ3n) is 19.9. The van der Waals surface area contributed by atoms with Crippen LogP contribution in [0.1, 0.15) is 114 Å². The zero-order valence-electron chi connectivity index (χ0n) is 66.8. The Balaban J connectivity index is 1.11. The van der Waals surface area contributed by atoms with E-state index in [1.165, 1.54) is 74.6 Å². The molecule has 18 N–H and O–H groups in total. The van der Waals surface area contributed by atoms with Crippen LogP contribution in [0.25, 0.3) is 10.8 Å². The molecule has 0 bridgehead atoms. The summed E-state index contributed by atoms with van der Waals surface area (Å²) in [6.45, 7) is 9.77. The molecule has 118 heavy (non-hydrogen) atoms. The maximum absolute atomic E-state index is 15.8. The number of carbonyl (C=O) groups excluding carboxylic acids is 15. The number of hydrogen-bond donors (Lipinski definition) is 16. The highest BCUT2D eigenvalue weighted by atomic mass is 35.5. The Hall–Kier alpha value is -12.4. The van der Waals surface area contributed by atoms with Gasteiger partial charge in [-0.25, -0.2) is 9.59 Å². The normalized spacial score (nSPS) is 16.1. The van der Waals surface area contributed by atoms with Gasteiger partial charge in [-0.05, 0) is 139 Å². The molecular weight excluding hydrogens is 1540 g/mol. The minimum atomic E-state index is -1.92. The summed E-state index contributed by atoms with van der Waals surface area (Å²) >= 11 is 6.28. The van der Waals surface area contributed by atoms with E-state index in [-0.39, 0.29) is 81.2 Å². The minimum Gasteiger partial charge on any atom is -0.394 e. The van der Waals surface area contributed by atoms with E-state index < -0.39 is 168 Å². The summed E-state index contributed by atoms with van der Waals surface area (Å²) < 4.78 is 0. The van der Waals surface area contributed by atoms with E-state index in [1.807, 2.05) is 56.3 Å². The van der Waals surface area contributed by atoms with Crippen molar-refractivity contribution in [2.24, 2.45) is 17.4 Å². The predicted molar refractivity (Wildman–Crippen MR) is 439 cm³/mol. The van der Waals surface area contributed by atoms with Crippen LogP contribution in [0.4, 0.5) is 21.0 Å². The molecule has 11 atom stereocenters. The maximum Gasteiger partial charge on any atom is 0.322 e. The van der Waals surface area contributed by atoms with Gasteiger partial charge in [-0.3, -0.25) is 72.6 Å². The number of anilines is 2. The minimum absolute atomic E-state index is 0.00432. The molecule has 2 aliphatic heterocycles. The van der Waals surface area contributed by atoms with Crippen molar-refractivity contribution in [3.05, 3.63) is 173 Å². The van der Waals surface area contributed by atoms with Gasteiger partial charge >= 0.3 is 12.1 Å². The maximum atomic E-state index is 15.8. The number of unbranched alkanes of at least 4 members (excludes halogenated alkanes) is 1. The van der Waals surface area contributed by atoms with E-state index in [4.69, 9.17) is 23.1 Å². The van der Waals surface area contributed by atoms with E-state index in [2.05, 4.69) is 74.1 Å². The average Bonchev–Trinajstić information content (AvgIpc) is 1.44. The summed E-state index contributed by atoms with van der Waals surface area (Å²) in [4.78, 5) is 215. The summed E-state index contributed by atoms with van der Waals surface area (Å²) in [5.41, 5.74) is 13.6. The molecule has 630 valence electrons. The monoisotopic (exact) mass is 1640 g/mol. The zero-order valence-corrected chi connectivity index (χ0v) is 67.6. The van der Waals surface area contributed by atoms with Crippen molar-refractivity contribution < 1.29 is 77.0 Å². The van der Waals surface area contributed by atoms with Crippen molar-refractivity contribution in [2.45, 2.75) is 191 Å². The molecule has 2 fully saturated rings. The highest BCUT2D eigenvalue weighted by molar-refractivity contribution is 6.30. The lowest BCUT2D eigenvalue weighted by molar-refractivity contribution is -0.144. The van der Waals surface area contributed by atoms with E-state index in [0.29, 0.717) is 58.6 Å². The van der Waals surface area contributed by atoms with Gasteiger partial charge in [0.1, 0.15) is 66.5 Å². The fraction of sp³-hybridized carbons (Fsp3) is 0.422. The second-order valence-corrected chi connectivity index (χ2v) is 30.6. The third-order valence-corrected chi connectivity index (χ3v) is 20.2. The molecule has 0 unspecified atom stereocenters. The van der Waals surface area contributed by atoms with Gasteiger partial charge < -0.3 is 90.2 Å². The highest BCUT2D eigenvalue weighted by Crippen LogP contribution is 2.24. The number of aromatic nitrogens is 1. The largest absolute Gasteiger partial charge is 0.394 e. The van der Waals surface area contributed by atoms with E-state index in [9.17, 15) is 48.3 Å². The Morgan fingerprint density at radius 3 is 1.69 bits per heavy atom. The lowest BCUT2D eigenvalue weighted by atomic mass is 9.98. The van der Waals surface area contributed by atoms with Crippen molar-refractivity contribution >= 4 is 123 Å². The molecule has 8 rings (SSSR count).